The molecule has 0 saturated heterocycles. The highest BCUT2D eigenvalue weighted by Crippen LogP contribution is 2.36. The Kier molecular flexibility index (Phi) is 2.72. The lowest BCUT2D eigenvalue weighted by Gasteiger charge is -1.99. The number of aromatic nitrogens is 2. The highest BCUT2D eigenvalue weighted by molar-refractivity contribution is 7.22. The Hall–Kier alpha value is -1.59. The monoisotopic (exact) mass is 282 g/mol. The molecule has 0 unspecified atom stereocenters. The first kappa shape index (κ1) is 11.5. The van der Waals surface area contributed by atoms with Crippen molar-refractivity contribution in [3.05, 3.63) is 47.4 Å². The summed E-state index contributed by atoms with van der Waals surface area (Å²) in [5, 5.41) is 0.313. The van der Waals surface area contributed by atoms with Crippen molar-refractivity contribution in [3.8, 4) is 10.4 Å². The van der Waals surface area contributed by atoms with E-state index in [2.05, 4.69) is 9.97 Å². The summed E-state index contributed by atoms with van der Waals surface area (Å²) in [7, 11) is 0. The molecule has 0 aliphatic heterocycles. The Bertz CT molecular complexity index is 742. The highest BCUT2D eigenvalue weighted by Gasteiger charge is 2.12. The predicted octanol–water partition coefficient (Wildman–Crippen LogP) is 4.29. The molecular weight excluding hydrogens is 278 g/mol. The maximum absolute atomic E-state index is 13.7. The van der Waals surface area contributed by atoms with E-state index in [0.29, 0.717) is 20.2 Å². The van der Waals surface area contributed by atoms with Crippen molar-refractivity contribution >= 4 is 33.2 Å². The van der Waals surface area contributed by atoms with Crippen LogP contribution in [0.3, 0.4) is 0 Å². The molecule has 0 atom stereocenters. The summed E-state index contributed by atoms with van der Waals surface area (Å²) in [6.45, 7) is 0. The predicted molar refractivity (Wildman–Crippen MR) is 67.8 cm³/mol. The van der Waals surface area contributed by atoms with Crippen molar-refractivity contribution in [2.45, 2.75) is 0 Å². The molecule has 0 fully saturated rings. The highest BCUT2D eigenvalue weighted by atomic mass is 35.5. The second-order valence-corrected chi connectivity index (χ2v) is 5.02. The molecule has 0 spiro atoms. The van der Waals surface area contributed by atoms with Gasteiger partial charge in [-0.2, -0.15) is 0 Å². The van der Waals surface area contributed by atoms with E-state index in [1.807, 2.05) is 0 Å². The second kappa shape index (κ2) is 4.26. The van der Waals surface area contributed by atoms with E-state index >= 15 is 0 Å². The lowest BCUT2D eigenvalue weighted by Crippen LogP contribution is -1.83. The third-order valence-corrected chi connectivity index (χ3v) is 4.02. The molecule has 0 amide bonds. The number of hydrogen-bond acceptors (Lipinski definition) is 3. The molecule has 2 aromatic heterocycles. The Morgan fingerprint density at radius 3 is 2.72 bits per heavy atom. The summed E-state index contributed by atoms with van der Waals surface area (Å²) in [5.74, 6) is -0.965. The van der Waals surface area contributed by atoms with Crippen molar-refractivity contribution in [1.29, 1.82) is 0 Å². The van der Waals surface area contributed by atoms with Gasteiger partial charge in [0.05, 0.1) is 10.2 Å². The molecule has 0 N–H and O–H groups in total. The van der Waals surface area contributed by atoms with Crippen molar-refractivity contribution < 1.29 is 8.78 Å². The van der Waals surface area contributed by atoms with Gasteiger partial charge in [0.1, 0.15) is 23.1 Å². The molecule has 2 nitrogen and oxygen atoms in total. The van der Waals surface area contributed by atoms with Gasteiger partial charge in [-0.05, 0) is 24.3 Å². The van der Waals surface area contributed by atoms with Crippen molar-refractivity contribution in [1.82, 2.24) is 9.97 Å². The van der Waals surface area contributed by atoms with E-state index in [1.165, 1.54) is 17.7 Å². The SMILES string of the molecule is Fc1ccc(F)c(-c2cc3ncnc(Cl)c3s2)c1. The molecule has 90 valence electrons. The fourth-order valence-electron chi connectivity index (χ4n) is 1.64. The molecule has 3 rings (SSSR count). The van der Waals surface area contributed by atoms with Gasteiger partial charge >= 0.3 is 0 Å². The zero-order valence-corrected chi connectivity index (χ0v) is 10.4. The summed E-state index contributed by atoms with van der Waals surface area (Å²) in [4.78, 5) is 8.46. The first-order valence-electron chi connectivity index (χ1n) is 5.00. The largest absolute Gasteiger partial charge is 0.235 e. The molecule has 3 aromatic rings. The van der Waals surface area contributed by atoms with E-state index in [-0.39, 0.29) is 5.56 Å². The Morgan fingerprint density at radius 1 is 1.11 bits per heavy atom. The van der Waals surface area contributed by atoms with Crippen LogP contribution in [0.1, 0.15) is 0 Å². The second-order valence-electron chi connectivity index (χ2n) is 3.61. The van der Waals surface area contributed by atoms with Crippen LogP contribution >= 0.6 is 22.9 Å². The van der Waals surface area contributed by atoms with Gasteiger partial charge in [-0.3, -0.25) is 0 Å². The smallest absolute Gasteiger partial charge is 0.150 e. The van der Waals surface area contributed by atoms with Gasteiger partial charge in [-0.25, -0.2) is 18.7 Å². The molecule has 0 bridgehead atoms. The van der Waals surface area contributed by atoms with Crippen LogP contribution in [-0.4, -0.2) is 9.97 Å². The van der Waals surface area contributed by atoms with Crippen LogP contribution in [0.15, 0.2) is 30.6 Å². The van der Waals surface area contributed by atoms with Crippen LogP contribution in [0.25, 0.3) is 20.7 Å². The van der Waals surface area contributed by atoms with Gasteiger partial charge in [0.25, 0.3) is 0 Å². The van der Waals surface area contributed by atoms with Crippen LogP contribution < -0.4 is 0 Å². The van der Waals surface area contributed by atoms with Gasteiger partial charge in [-0.1, -0.05) is 11.6 Å². The molecule has 6 heteroatoms. The lowest BCUT2D eigenvalue weighted by atomic mass is 10.1. The minimum absolute atomic E-state index is 0.203. The summed E-state index contributed by atoms with van der Waals surface area (Å²) in [6.07, 6.45) is 1.34. The zero-order chi connectivity index (χ0) is 12.7. The van der Waals surface area contributed by atoms with Gasteiger partial charge < -0.3 is 0 Å². The number of thiophene rings is 1. The third-order valence-electron chi connectivity index (χ3n) is 2.46. The third kappa shape index (κ3) is 1.85. The number of benzene rings is 1. The first-order chi connectivity index (χ1) is 8.65. The quantitative estimate of drug-likeness (QED) is 0.622. The van der Waals surface area contributed by atoms with Crippen LogP contribution in [0.4, 0.5) is 8.78 Å². The fraction of sp³-hybridized carbons (Fsp3) is 0. The van der Waals surface area contributed by atoms with Crippen molar-refractivity contribution in [3.63, 3.8) is 0 Å². The minimum Gasteiger partial charge on any atom is -0.235 e. The van der Waals surface area contributed by atoms with Crippen LogP contribution in [0.5, 0.6) is 0 Å². The zero-order valence-electron chi connectivity index (χ0n) is 8.82. The lowest BCUT2D eigenvalue weighted by molar-refractivity contribution is 0.603. The van der Waals surface area contributed by atoms with E-state index < -0.39 is 11.6 Å². The first-order valence-corrected chi connectivity index (χ1v) is 6.20. The summed E-state index contributed by atoms with van der Waals surface area (Å²) >= 11 is 7.16. The van der Waals surface area contributed by atoms with E-state index in [4.69, 9.17) is 11.6 Å². The van der Waals surface area contributed by atoms with E-state index in [0.717, 1.165) is 18.2 Å². The molecule has 0 aliphatic carbocycles. The van der Waals surface area contributed by atoms with E-state index in [9.17, 15) is 8.78 Å². The molecule has 2 heterocycles. The minimum atomic E-state index is -0.485. The Labute approximate surface area is 110 Å². The molecular formula is C12H5ClF2N2S. The average Bonchev–Trinajstić information content (AvgIpc) is 2.77. The molecule has 18 heavy (non-hydrogen) atoms. The number of fused-ring (bicyclic) bond motifs is 1. The Morgan fingerprint density at radius 2 is 1.94 bits per heavy atom. The number of rotatable bonds is 1. The van der Waals surface area contributed by atoms with Crippen LogP contribution in [0.2, 0.25) is 5.15 Å². The number of hydrogen-bond donors (Lipinski definition) is 0. The van der Waals surface area contributed by atoms with Crippen LogP contribution in [-0.2, 0) is 0 Å². The summed E-state index contributed by atoms with van der Waals surface area (Å²) in [6, 6.07) is 5.01. The maximum Gasteiger partial charge on any atom is 0.150 e. The maximum atomic E-state index is 13.7. The number of nitrogens with zero attached hydrogens (tertiary/aromatic N) is 2. The average molecular weight is 283 g/mol. The molecule has 0 radical (unpaired) electrons. The van der Waals surface area contributed by atoms with Gasteiger partial charge in [0.2, 0.25) is 0 Å². The summed E-state index contributed by atoms with van der Waals surface area (Å²) in [5.41, 5.74) is 0.827. The van der Waals surface area contributed by atoms with Gasteiger partial charge in [0, 0.05) is 10.4 Å². The molecule has 0 aliphatic rings. The van der Waals surface area contributed by atoms with Gasteiger partial charge in [0.15, 0.2) is 0 Å². The van der Waals surface area contributed by atoms with Crippen molar-refractivity contribution in [2.75, 3.05) is 0 Å². The van der Waals surface area contributed by atoms with E-state index in [1.54, 1.807) is 6.07 Å². The molecule has 0 saturated carbocycles. The van der Waals surface area contributed by atoms with Crippen LogP contribution in [0, 0.1) is 11.6 Å². The summed E-state index contributed by atoms with van der Waals surface area (Å²) < 4.78 is 27.5. The molecule has 1 aromatic carbocycles. The normalized spacial score (nSPS) is 11.1. The van der Waals surface area contributed by atoms with Gasteiger partial charge in [-0.15, -0.1) is 11.3 Å². The number of halogens is 3. The Balaban J connectivity index is 2.26. The fourth-order valence-corrected chi connectivity index (χ4v) is 2.91. The van der Waals surface area contributed by atoms with Crippen molar-refractivity contribution in [2.24, 2.45) is 0 Å². The topological polar surface area (TPSA) is 25.8 Å². The standard InChI is InChI=1S/C12H5ClF2N2S/c13-12-11-9(16-5-17-12)4-10(18-11)7-3-6(14)1-2-8(7)15/h1-5H.